The molecule has 7 heteroatoms. The Hall–Kier alpha value is -1.67. The molecule has 7 nitrogen and oxygen atoms in total. The zero-order valence-electron chi connectivity index (χ0n) is 14.6. The number of para-hydroxylation sites is 1. The Morgan fingerprint density at radius 3 is 2.72 bits per heavy atom. The molecule has 2 saturated heterocycles. The van der Waals surface area contributed by atoms with Gasteiger partial charge in [0, 0.05) is 37.8 Å². The fraction of sp³-hybridized carbons (Fsp3) is 0.611. The van der Waals surface area contributed by atoms with Crippen molar-refractivity contribution in [1.82, 2.24) is 15.8 Å². The van der Waals surface area contributed by atoms with Crippen molar-refractivity contribution in [1.29, 1.82) is 0 Å². The van der Waals surface area contributed by atoms with Gasteiger partial charge in [-0.15, -0.1) is 0 Å². The van der Waals surface area contributed by atoms with Crippen molar-refractivity contribution in [2.24, 2.45) is 5.41 Å². The number of benzene rings is 1. The van der Waals surface area contributed by atoms with Crippen molar-refractivity contribution in [3.8, 4) is 5.75 Å². The number of nitrogens with one attached hydrogen (secondary N) is 2. The number of hydrogen-bond donors (Lipinski definition) is 4. The number of hydrazine groups is 1. The van der Waals surface area contributed by atoms with Gasteiger partial charge in [0.2, 0.25) is 5.91 Å². The van der Waals surface area contributed by atoms with E-state index in [1.165, 1.54) is 0 Å². The Morgan fingerprint density at radius 2 is 2.04 bits per heavy atom. The number of aliphatic hydroxyl groups is 1. The number of aliphatic hydroxyl groups excluding tert-OH is 1. The molecular formula is C18H27N3O4. The van der Waals surface area contributed by atoms with Crippen molar-refractivity contribution in [3.05, 3.63) is 29.8 Å². The summed E-state index contributed by atoms with van der Waals surface area (Å²) in [4.78, 5) is 14.5. The third-order valence-corrected chi connectivity index (χ3v) is 5.35. The van der Waals surface area contributed by atoms with Crippen molar-refractivity contribution >= 4 is 5.91 Å². The molecule has 3 rings (SSSR count). The third-order valence-electron chi connectivity index (χ3n) is 5.35. The molecule has 0 aromatic heterocycles. The van der Waals surface area contributed by atoms with Gasteiger partial charge in [-0.1, -0.05) is 18.2 Å². The van der Waals surface area contributed by atoms with Gasteiger partial charge in [0.15, 0.2) is 0 Å². The number of ether oxygens (including phenoxy) is 1. The number of likely N-dealkylation sites (N-methyl/N-ethyl adjacent to an activating group) is 1. The van der Waals surface area contributed by atoms with Gasteiger partial charge in [-0.25, -0.2) is 10.9 Å². The molecule has 1 amide bonds. The molecule has 2 aliphatic heterocycles. The highest BCUT2D eigenvalue weighted by Crippen LogP contribution is 2.32. The SMILES string of the molecule is CN(CC1(CO)CCOCC1)C(=O)C1CC(c2ccccc2O)NN1. The van der Waals surface area contributed by atoms with Crippen LogP contribution in [0.25, 0.3) is 0 Å². The lowest BCUT2D eigenvalue weighted by atomic mass is 9.80. The van der Waals surface area contributed by atoms with Crippen molar-refractivity contribution < 1.29 is 19.7 Å². The Labute approximate surface area is 147 Å². The first-order valence-electron chi connectivity index (χ1n) is 8.77. The van der Waals surface area contributed by atoms with Gasteiger partial charge in [-0.2, -0.15) is 0 Å². The first-order chi connectivity index (χ1) is 12.0. The predicted octanol–water partition coefficient (Wildman–Crippen LogP) is 0.547. The van der Waals surface area contributed by atoms with Crippen LogP contribution in [-0.4, -0.2) is 60.5 Å². The molecule has 2 aliphatic rings. The van der Waals surface area contributed by atoms with Crippen LogP contribution in [0.4, 0.5) is 0 Å². The summed E-state index contributed by atoms with van der Waals surface area (Å²) >= 11 is 0. The van der Waals surface area contributed by atoms with E-state index in [1.807, 2.05) is 12.1 Å². The topological polar surface area (TPSA) is 94.1 Å². The summed E-state index contributed by atoms with van der Waals surface area (Å²) in [5.41, 5.74) is 6.65. The lowest BCUT2D eigenvalue weighted by Crippen LogP contribution is -2.49. The summed E-state index contributed by atoms with van der Waals surface area (Å²) < 4.78 is 5.38. The van der Waals surface area contributed by atoms with E-state index >= 15 is 0 Å². The highest BCUT2D eigenvalue weighted by Gasteiger charge is 2.38. The lowest BCUT2D eigenvalue weighted by molar-refractivity contribution is -0.135. The number of hydrogen-bond acceptors (Lipinski definition) is 6. The normalized spacial score (nSPS) is 25.7. The first-order valence-corrected chi connectivity index (χ1v) is 8.77. The number of phenolic OH excluding ortho intramolecular Hbond substituents is 1. The van der Waals surface area contributed by atoms with Crippen LogP contribution in [0, 0.1) is 5.41 Å². The molecule has 0 spiro atoms. The second-order valence-corrected chi connectivity index (χ2v) is 7.15. The minimum absolute atomic E-state index is 0.00950. The fourth-order valence-corrected chi connectivity index (χ4v) is 3.72. The van der Waals surface area contributed by atoms with E-state index in [0.29, 0.717) is 26.2 Å². The lowest BCUT2D eigenvalue weighted by Gasteiger charge is -2.39. The highest BCUT2D eigenvalue weighted by molar-refractivity contribution is 5.82. The Bertz CT molecular complexity index is 604. The maximum atomic E-state index is 12.8. The minimum Gasteiger partial charge on any atom is -0.508 e. The van der Waals surface area contributed by atoms with Crippen LogP contribution in [-0.2, 0) is 9.53 Å². The number of amides is 1. The van der Waals surface area contributed by atoms with Gasteiger partial charge < -0.3 is 19.8 Å². The maximum absolute atomic E-state index is 12.8. The summed E-state index contributed by atoms with van der Waals surface area (Å²) in [5.74, 6) is 0.217. The summed E-state index contributed by atoms with van der Waals surface area (Å²) in [6.07, 6.45) is 2.09. The van der Waals surface area contributed by atoms with Crippen molar-refractivity contribution in [3.63, 3.8) is 0 Å². The van der Waals surface area contributed by atoms with Crippen LogP contribution >= 0.6 is 0 Å². The molecule has 2 fully saturated rings. The number of rotatable bonds is 5. The summed E-state index contributed by atoms with van der Waals surface area (Å²) in [7, 11) is 1.78. The van der Waals surface area contributed by atoms with Gasteiger partial charge in [-0.05, 0) is 25.3 Å². The number of carbonyl (C=O) groups is 1. The van der Waals surface area contributed by atoms with E-state index in [2.05, 4.69) is 10.9 Å². The first kappa shape index (κ1) is 18.1. The van der Waals surface area contributed by atoms with Crippen LogP contribution < -0.4 is 10.9 Å². The van der Waals surface area contributed by atoms with Gasteiger partial charge in [0.25, 0.3) is 0 Å². The van der Waals surface area contributed by atoms with Gasteiger partial charge in [0.05, 0.1) is 12.6 Å². The quantitative estimate of drug-likeness (QED) is 0.620. The van der Waals surface area contributed by atoms with E-state index < -0.39 is 0 Å². The number of nitrogens with zero attached hydrogens (tertiary/aromatic N) is 1. The van der Waals surface area contributed by atoms with Gasteiger partial charge in [-0.3, -0.25) is 4.79 Å². The van der Waals surface area contributed by atoms with Gasteiger partial charge >= 0.3 is 0 Å². The molecule has 0 aliphatic carbocycles. The minimum atomic E-state index is -0.356. The average Bonchev–Trinajstić information content (AvgIpc) is 3.12. The summed E-state index contributed by atoms with van der Waals surface area (Å²) in [5, 5.41) is 19.8. The molecule has 138 valence electrons. The molecule has 2 atom stereocenters. The van der Waals surface area contributed by atoms with Crippen LogP contribution in [0.1, 0.15) is 30.9 Å². The predicted molar refractivity (Wildman–Crippen MR) is 92.7 cm³/mol. The van der Waals surface area contributed by atoms with E-state index in [-0.39, 0.29) is 35.8 Å². The molecule has 4 N–H and O–H groups in total. The Morgan fingerprint density at radius 1 is 1.32 bits per heavy atom. The van der Waals surface area contributed by atoms with Crippen LogP contribution in [0.5, 0.6) is 5.75 Å². The monoisotopic (exact) mass is 349 g/mol. The molecule has 1 aromatic carbocycles. The second-order valence-electron chi connectivity index (χ2n) is 7.15. The second kappa shape index (κ2) is 7.70. The molecule has 0 radical (unpaired) electrons. The number of phenols is 1. The largest absolute Gasteiger partial charge is 0.508 e. The van der Waals surface area contributed by atoms with Crippen LogP contribution in [0.2, 0.25) is 0 Å². The number of aromatic hydroxyl groups is 1. The standard InChI is InChI=1S/C18H27N3O4/c1-21(11-18(12-22)6-8-25-9-7-18)17(24)15-10-14(19-20-15)13-4-2-3-5-16(13)23/h2-5,14-15,19-20,22-23H,6-12H2,1H3. The van der Waals surface area contributed by atoms with E-state index in [0.717, 1.165) is 18.4 Å². The van der Waals surface area contributed by atoms with Crippen molar-refractivity contribution in [2.45, 2.75) is 31.3 Å². The average molecular weight is 349 g/mol. The smallest absolute Gasteiger partial charge is 0.240 e. The highest BCUT2D eigenvalue weighted by atomic mass is 16.5. The summed E-state index contributed by atoms with van der Waals surface area (Å²) in [6, 6.07) is 6.68. The van der Waals surface area contributed by atoms with E-state index in [4.69, 9.17) is 4.74 Å². The van der Waals surface area contributed by atoms with Crippen LogP contribution in [0.15, 0.2) is 24.3 Å². The molecular weight excluding hydrogens is 322 g/mol. The zero-order chi connectivity index (χ0) is 17.9. The molecule has 0 saturated carbocycles. The Balaban J connectivity index is 1.60. The van der Waals surface area contributed by atoms with Crippen LogP contribution in [0.3, 0.4) is 0 Å². The third kappa shape index (κ3) is 3.95. The Kier molecular flexibility index (Phi) is 5.58. The van der Waals surface area contributed by atoms with Crippen molar-refractivity contribution in [2.75, 3.05) is 33.4 Å². The molecule has 2 heterocycles. The molecule has 1 aromatic rings. The van der Waals surface area contributed by atoms with Gasteiger partial charge in [0.1, 0.15) is 11.8 Å². The zero-order valence-corrected chi connectivity index (χ0v) is 14.6. The molecule has 25 heavy (non-hydrogen) atoms. The van der Waals surface area contributed by atoms with E-state index in [1.54, 1.807) is 24.1 Å². The summed E-state index contributed by atoms with van der Waals surface area (Å²) in [6.45, 7) is 1.83. The maximum Gasteiger partial charge on any atom is 0.240 e. The fourth-order valence-electron chi connectivity index (χ4n) is 3.72. The molecule has 2 unspecified atom stereocenters. The number of carbonyl (C=O) groups excluding carboxylic acids is 1. The molecule has 0 bridgehead atoms. The van der Waals surface area contributed by atoms with E-state index in [9.17, 15) is 15.0 Å².